The Morgan fingerprint density at radius 2 is 1.89 bits per heavy atom. The Kier molecular flexibility index (Phi) is 4.20. The van der Waals surface area contributed by atoms with Crippen LogP contribution in [0, 0.1) is 5.41 Å². The summed E-state index contributed by atoms with van der Waals surface area (Å²) in [7, 11) is 0. The Labute approximate surface area is 117 Å². The molecule has 0 saturated heterocycles. The number of aliphatic hydroxyl groups is 1. The zero-order valence-corrected chi connectivity index (χ0v) is 11.8. The number of rotatable bonds is 6. The summed E-state index contributed by atoms with van der Waals surface area (Å²) in [4.78, 5) is 4.36. The fourth-order valence-electron chi connectivity index (χ4n) is 1.72. The van der Waals surface area contributed by atoms with Gasteiger partial charge in [0.1, 0.15) is 11.6 Å². The second-order valence-electron chi connectivity index (χ2n) is 4.69. The summed E-state index contributed by atoms with van der Waals surface area (Å²) < 4.78 is 0. The van der Waals surface area contributed by atoms with Crippen molar-refractivity contribution in [1.82, 2.24) is 4.98 Å². The lowest BCUT2D eigenvalue weighted by molar-refractivity contribution is 0.219. The predicted molar refractivity (Wildman–Crippen MR) is 75.7 cm³/mol. The minimum absolute atomic E-state index is 0.0169. The summed E-state index contributed by atoms with van der Waals surface area (Å²) in [5.74, 6) is 1.23. The first-order valence-electron chi connectivity index (χ1n) is 6.05. The van der Waals surface area contributed by atoms with Gasteiger partial charge in [-0.3, -0.25) is 0 Å². The van der Waals surface area contributed by atoms with Crippen LogP contribution in [0.1, 0.15) is 19.8 Å². The van der Waals surface area contributed by atoms with E-state index in [9.17, 15) is 5.11 Å². The fourth-order valence-corrected chi connectivity index (χ4v) is 2.21. The van der Waals surface area contributed by atoms with E-state index in [-0.39, 0.29) is 12.0 Å². The van der Waals surface area contributed by atoms with Crippen LogP contribution >= 0.6 is 23.2 Å². The molecule has 0 amide bonds. The first-order chi connectivity index (χ1) is 8.60. The lowest BCUT2D eigenvalue weighted by Crippen LogP contribution is -2.20. The van der Waals surface area contributed by atoms with Gasteiger partial charge in [0.2, 0.25) is 0 Å². The van der Waals surface area contributed by atoms with E-state index >= 15 is 0 Å². The van der Waals surface area contributed by atoms with E-state index in [0.717, 1.165) is 19.4 Å². The number of halogens is 2. The lowest BCUT2D eigenvalue weighted by atomic mass is 10.1. The van der Waals surface area contributed by atoms with E-state index < -0.39 is 0 Å². The van der Waals surface area contributed by atoms with Crippen LogP contribution in [0.25, 0.3) is 0 Å². The number of anilines is 2. The van der Waals surface area contributed by atoms with Crippen molar-refractivity contribution < 1.29 is 5.11 Å². The maximum atomic E-state index is 9.26. The molecule has 1 aromatic rings. The van der Waals surface area contributed by atoms with Crippen LogP contribution in [0.15, 0.2) is 6.07 Å². The summed E-state index contributed by atoms with van der Waals surface area (Å²) >= 11 is 12.1. The smallest absolute Gasteiger partial charge is 0.147 e. The third-order valence-corrected chi connectivity index (χ3v) is 3.77. The van der Waals surface area contributed by atoms with Crippen molar-refractivity contribution in [2.45, 2.75) is 19.8 Å². The number of nitrogens with zero attached hydrogens (tertiary/aromatic N) is 1. The first-order valence-corrected chi connectivity index (χ1v) is 6.80. The molecule has 1 saturated carbocycles. The second-order valence-corrected chi connectivity index (χ2v) is 5.51. The molecule has 0 bridgehead atoms. The van der Waals surface area contributed by atoms with Gasteiger partial charge in [0.05, 0.1) is 16.7 Å². The van der Waals surface area contributed by atoms with Crippen LogP contribution in [-0.2, 0) is 0 Å². The van der Waals surface area contributed by atoms with E-state index in [1.165, 1.54) is 0 Å². The van der Waals surface area contributed by atoms with Gasteiger partial charge < -0.3 is 15.7 Å². The number of hydrogen-bond acceptors (Lipinski definition) is 4. The molecule has 1 fully saturated rings. The van der Waals surface area contributed by atoms with E-state index in [4.69, 9.17) is 23.2 Å². The second kappa shape index (κ2) is 5.51. The fraction of sp³-hybridized carbons (Fsp3) is 0.583. The molecule has 2 rings (SSSR count). The summed E-state index contributed by atoms with van der Waals surface area (Å²) in [6.07, 6.45) is 2.09. The highest BCUT2D eigenvalue weighted by atomic mass is 35.5. The van der Waals surface area contributed by atoms with Crippen LogP contribution in [0.2, 0.25) is 10.0 Å². The van der Waals surface area contributed by atoms with E-state index in [0.29, 0.717) is 28.2 Å². The van der Waals surface area contributed by atoms with Crippen LogP contribution in [0.5, 0.6) is 0 Å². The lowest BCUT2D eigenvalue weighted by Gasteiger charge is -2.15. The number of nitrogens with one attached hydrogen (secondary N) is 2. The van der Waals surface area contributed by atoms with Gasteiger partial charge in [-0.05, 0) is 25.8 Å². The molecule has 0 radical (unpaired) electrons. The minimum atomic E-state index is 0.0169. The highest BCUT2D eigenvalue weighted by Crippen LogP contribution is 2.45. The zero-order chi connectivity index (χ0) is 13.2. The highest BCUT2D eigenvalue weighted by molar-refractivity contribution is 6.37. The number of aromatic nitrogens is 1. The monoisotopic (exact) mass is 289 g/mol. The molecule has 18 heavy (non-hydrogen) atoms. The van der Waals surface area contributed by atoms with E-state index in [1.54, 1.807) is 6.07 Å². The molecule has 0 atom stereocenters. The Balaban J connectivity index is 2.09. The number of hydrogen-bond donors (Lipinski definition) is 3. The summed E-state index contributed by atoms with van der Waals surface area (Å²) in [6, 6.07) is 1.68. The van der Waals surface area contributed by atoms with Gasteiger partial charge >= 0.3 is 0 Å². The maximum Gasteiger partial charge on any atom is 0.147 e. The Morgan fingerprint density at radius 3 is 2.39 bits per heavy atom. The highest BCUT2D eigenvalue weighted by Gasteiger charge is 2.41. The van der Waals surface area contributed by atoms with Gasteiger partial charge in [0.15, 0.2) is 0 Å². The summed E-state index contributed by atoms with van der Waals surface area (Å²) in [6.45, 7) is 3.60. The third kappa shape index (κ3) is 2.99. The van der Waals surface area contributed by atoms with E-state index in [2.05, 4.69) is 15.6 Å². The maximum absolute atomic E-state index is 9.26. The van der Waals surface area contributed by atoms with Gasteiger partial charge in [-0.25, -0.2) is 4.98 Å². The van der Waals surface area contributed by atoms with Crippen LogP contribution in [-0.4, -0.2) is 29.8 Å². The molecule has 1 aliphatic rings. The number of aliphatic hydroxyl groups excluding tert-OH is 1. The molecule has 1 aliphatic carbocycles. The van der Waals surface area contributed by atoms with Crippen molar-refractivity contribution in [2.75, 3.05) is 30.3 Å². The SMILES string of the molecule is CCNc1nc(NCC2(CO)CC2)c(Cl)cc1Cl. The molecule has 0 aliphatic heterocycles. The molecular formula is C12H17Cl2N3O. The molecule has 0 spiro atoms. The van der Waals surface area contributed by atoms with Crippen molar-refractivity contribution in [3.05, 3.63) is 16.1 Å². The van der Waals surface area contributed by atoms with Crippen LogP contribution in [0.3, 0.4) is 0 Å². The summed E-state index contributed by atoms with van der Waals surface area (Å²) in [5.41, 5.74) is 0.0169. The molecular weight excluding hydrogens is 273 g/mol. The van der Waals surface area contributed by atoms with Crippen molar-refractivity contribution in [3.63, 3.8) is 0 Å². The van der Waals surface area contributed by atoms with Crippen molar-refractivity contribution in [1.29, 1.82) is 0 Å². The van der Waals surface area contributed by atoms with Crippen molar-refractivity contribution in [2.24, 2.45) is 5.41 Å². The normalized spacial score (nSPS) is 16.4. The number of pyridine rings is 1. The molecule has 100 valence electrons. The van der Waals surface area contributed by atoms with Crippen LogP contribution < -0.4 is 10.6 Å². The molecule has 0 unspecified atom stereocenters. The molecule has 3 N–H and O–H groups in total. The topological polar surface area (TPSA) is 57.2 Å². The van der Waals surface area contributed by atoms with E-state index in [1.807, 2.05) is 6.92 Å². The van der Waals surface area contributed by atoms with Gasteiger partial charge in [0, 0.05) is 18.5 Å². The first kappa shape index (κ1) is 13.7. The molecule has 4 nitrogen and oxygen atoms in total. The average Bonchev–Trinajstić information content (AvgIpc) is 3.12. The van der Waals surface area contributed by atoms with Crippen LogP contribution in [0.4, 0.5) is 11.6 Å². The molecule has 6 heteroatoms. The Morgan fingerprint density at radius 1 is 1.28 bits per heavy atom. The third-order valence-electron chi connectivity index (χ3n) is 3.20. The molecule has 1 heterocycles. The zero-order valence-electron chi connectivity index (χ0n) is 10.3. The van der Waals surface area contributed by atoms with Crippen molar-refractivity contribution in [3.8, 4) is 0 Å². The van der Waals surface area contributed by atoms with Gasteiger partial charge in [0.25, 0.3) is 0 Å². The van der Waals surface area contributed by atoms with Gasteiger partial charge in [-0.1, -0.05) is 23.2 Å². The predicted octanol–water partition coefficient (Wildman–Crippen LogP) is 3.00. The largest absolute Gasteiger partial charge is 0.396 e. The quantitative estimate of drug-likeness (QED) is 0.754. The summed E-state index contributed by atoms with van der Waals surface area (Å²) in [5, 5.41) is 16.5. The molecule has 0 aromatic carbocycles. The van der Waals surface area contributed by atoms with Gasteiger partial charge in [-0.2, -0.15) is 0 Å². The van der Waals surface area contributed by atoms with Crippen molar-refractivity contribution >= 4 is 34.8 Å². The molecule has 1 aromatic heterocycles. The standard InChI is InChI=1S/C12H17Cl2N3O/c1-2-15-10-8(13)5-9(14)11(17-10)16-6-12(7-18)3-4-12/h5,18H,2-4,6-7H2,1H3,(H2,15,16,17). The van der Waals surface area contributed by atoms with Gasteiger partial charge in [-0.15, -0.1) is 0 Å². The average molecular weight is 290 g/mol. The Bertz CT molecular complexity index is 436. The minimum Gasteiger partial charge on any atom is -0.396 e. The Hall–Kier alpha value is -0.710.